The van der Waals surface area contributed by atoms with E-state index < -0.39 is 5.54 Å². The molecular formula is C27H44N4O5S. The van der Waals surface area contributed by atoms with Gasteiger partial charge in [-0.3, -0.25) is 4.79 Å². The van der Waals surface area contributed by atoms with E-state index in [2.05, 4.69) is 16.0 Å². The number of unbranched alkanes of at least 4 members (excludes halogenated alkanes) is 4. The molecule has 0 saturated carbocycles. The number of rotatable bonds is 18. The standard InChI is InChI=1S/C27H44N4O5S/c28-27(18-32,19-33)14-13-20-9-11-21(12-10-20)36-16-6-2-1-5-15-29-24(34)8-4-3-7-23-25-22(17-37-23)30-26(35)31-25/h9-12,22-23,25,32-33H,1-8,13-19,28H2,(H,29,34)(H2,30,31,35)/t22-,23+,25-/m1/s1. The summed E-state index contributed by atoms with van der Waals surface area (Å²) < 4.78 is 5.81. The molecule has 1 aromatic rings. The summed E-state index contributed by atoms with van der Waals surface area (Å²) >= 11 is 1.92. The molecule has 2 heterocycles. The van der Waals surface area contributed by atoms with Crippen molar-refractivity contribution in [3.63, 3.8) is 0 Å². The van der Waals surface area contributed by atoms with Crippen LogP contribution in [0.3, 0.4) is 0 Å². The van der Waals surface area contributed by atoms with Gasteiger partial charge in [-0.2, -0.15) is 11.8 Å². The highest BCUT2D eigenvalue weighted by Gasteiger charge is 2.42. The number of nitrogens with two attached hydrogens (primary N) is 1. The molecule has 2 aliphatic heterocycles. The summed E-state index contributed by atoms with van der Waals surface area (Å²) in [7, 11) is 0. The Morgan fingerprint density at radius 3 is 2.59 bits per heavy atom. The van der Waals surface area contributed by atoms with Crippen LogP contribution in [0, 0.1) is 0 Å². The maximum Gasteiger partial charge on any atom is 0.315 e. The topological polar surface area (TPSA) is 146 Å². The van der Waals surface area contributed by atoms with Crippen LogP contribution in [0.1, 0.15) is 63.4 Å². The molecule has 3 atom stereocenters. The predicted molar refractivity (Wildman–Crippen MR) is 147 cm³/mol. The molecule has 3 amide bonds. The lowest BCUT2D eigenvalue weighted by atomic mass is 9.94. The van der Waals surface area contributed by atoms with E-state index in [1.165, 1.54) is 0 Å². The summed E-state index contributed by atoms with van der Waals surface area (Å²) in [6.07, 6.45) is 8.76. The molecular weight excluding hydrogens is 492 g/mol. The number of hydrogen-bond acceptors (Lipinski definition) is 7. The fourth-order valence-electron chi connectivity index (χ4n) is 4.71. The first-order chi connectivity index (χ1) is 17.9. The lowest BCUT2D eigenvalue weighted by molar-refractivity contribution is -0.121. The number of fused-ring (bicyclic) bond motifs is 1. The number of carbonyl (C=O) groups excluding carboxylic acids is 2. The summed E-state index contributed by atoms with van der Waals surface area (Å²) in [5.74, 6) is 1.93. The van der Waals surface area contributed by atoms with Crippen LogP contribution in [-0.4, -0.2) is 77.1 Å². The van der Waals surface area contributed by atoms with Crippen molar-refractivity contribution in [2.75, 3.05) is 32.1 Å². The summed E-state index contributed by atoms with van der Waals surface area (Å²) in [6.45, 7) is 0.907. The van der Waals surface area contributed by atoms with E-state index in [1.54, 1.807) is 0 Å². The number of aliphatic hydroxyl groups is 2. The molecule has 37 heavy (non-hydrogen) atoms. The third kappa shape index (κ3) is 10.00. The normalized spacial score (nSPS) is 20.8. The van der Waals surface area contributed by atoms with E-state index >= 15 is 0 Å². The predicted octanol–water partition coefficient (Wildman–Crippen LogP) is 2.08. The van der Waals surface area contributed by atoms with Crippen molar-refractivity contribution in [3.8, 4) is 5.75 Å². The van der Waals surface area contributed by atoms with Gasteiger partial charge in [0.15, 0.2) is 0 Å². The Kier molecular flexibility index (Phi) is 12.3. The van der Waals surface area contributed by atoms with Crippen molar-refractivity contribution in [1.29, 1.82) is 0 Å². The largest absolute Gasteiger partial charge is 0.494 e. The fourth-order valence-corrected chi connectivity index (χ4v) is 6.26. The van der Waals surface area contributed by atoms with Gasteiger partial charge in [0.1, 0.15) is 5.75 Å². The Labute approximate surface area is 224 Å². The molecule has 7 N–H and O–H groups in total. The average molecular weight is 537 g/mol. The summed E-state index contributed by atoms with van der Waals surface area (Å²) in [5.41, 5.74) is 6.07. The van der Waals surface area contributed by atoms with Crippen LogP contribution in [0.15, 0.2) is 24.3 Å². The molecule has 0 spiro atoms. The van der Waals surface area contributed by atoms with Gasteiger partial charge in [-0.25, -0.2) is 4.79 Å². The highest BCUT2D eigenvalue weighted by atomic mass is 32.2. The van der Waals surface area contributed by atoms with Gasteiger partial charge in [0.05, 0.1) is 37.4 Å². The van der Waals surface area contributed by atoms with Crippen LogP contribution < -0.4 is 26.4 Å². The average Bonchev–Trinajstić information content (AvgIpc) is 3.46. The Bertz CT molecular complexity index is 837. The number of benzene rings is 1. The van der Waals surface area contributed by atoms with E-state index in [9.17, 15) is 19.8 Å². The van der Waals surface area contributed by atoms with Crippen LogP contribution in [0.2, 0.25) is 0 Å². The first-order valence-electron chi connectivity index (χ1n) is 13.6. The van der Waals surface area contributed by atoms with Gasteiger partial charge in [-0.15, -0.1) is 0 Å². The van der Waals surface area contributed by atoms with E-state index in [1.807, 2.05) is 36.0 Å². The zero-order chi connectivity index (χ0) is 26.5. The Morgan fingerprint density at radius 2 is 1.84 bits per heavy atom. The van der Waals surface area contributed by atoms with E-state index in [0.717, 1.165) is 68.6 Å². The van der Waals surface area contributed by atoms with Crippen molar-refractivity contribution in [2.45, 2.75) is 87.1 Å². The maximum absolute atomic E-state index is 12.1. The summed E-state index contributed by atoms with van der Waals surface area (Å²) in [6, 6.07) is 8.31. The molecule has 2 saturated heterocycles. The minimum absolute atomic E-state index is 0.0478. The second-order valence-electron chi connectivity index (χ2n) is 10.3. The molecule has 0 unspecified atom stereocenters. The maximum atomic E-state index is 12.1. The zero-order valence-corrected chi connectivity index (χ0v) is 22.6. The molecule has 0 radical (unpaired) electrons. The highest BCUT2D eigenvalue weighted by Crippen LogP contribution is 2.33. The lowest BCUT2D eigenvalue weighted by Crippen LogP contribution is -2.47. The molecule has 1 aromatic carbocycles. The van der Waals surface area contributed by atoms with E-state index in [-0.39, 0.29) is 37.2 Å². The highest BCUT2D eigenvalue weighted by molar-refractivity contribution is 8.00. The first kappa shape index (κ1) is 29.5. The van der Waals surface area contributed by atoms with Crippen molar-refractivity contribution >= 4 is 23.7 Å². The molecule has 0 aromatic heterocycles. The van der Waals surface area contributed by atoms with Gasteiger partial charge in [-0.05, 0) is 56.2 Å². The minimum Gasteiger partial charge on any atom is -0.494 e. The smallest absolute Gasteiger partial charge is 0.315 e. The molecule has 3 rings (SSSR count). The van der Waals surface area contributed by atoms with Crippen LogP contribution in [0.4, 0.5) is 4.79 Å². The van der Waals surface area contributed by atoms with E-state index in [4.69, 9.17) is 10.5 Å². The number of urea groups is 1. The second-order valence-corrected chi connectivity index (χ2v) is 11.6. The quantitative estimate of drug-likeness (QED) is 0.124. The molecule has 9 nitrogen and oxygen atoms in total. The van der Waals surface area contributed by atoms with Crippen molar-refractivity contribution in [3.05, 3.63) is 29.8 Å². The molecule has 2 aliphatic rings. The van der Waals surface area contributed by atoms with Crippen LogP contribution in [-0.2, 0) is 11.2 Å². The van der Waals surface area contributed by atoms with Gasteiger partial charge in [-0.1, -0.05) is 31.4 Å². The Balaban J connectivity index is 1.13. The van der Waals surface area contributed by atoms with Crippen LogP contribution in [0.5, 0.6) is 5.75 Å². The van der Waals surface area contributed by atoms with Gasteiger partial charge < -0.3 is 36.6 Å². The molecule has 2 fully saturated rings. The summed E-state index contributed by atoms with van der Waals surface area (Å²) in [4.78, 5) is 23.5. The Hall–Kier alpha value is -2.01. The summed E-state index contributed by atoms with van der Waals surface area (Å²) in [5, 5.41) is 28.0. The van der Waals surface area contributed by atoms with Crippen LogP contribution >= 0.6 is 11.8 Å². The molecule has 208 valence electrons. The SMILES string of the molecule is NC(CO)(CO)CCc1ccc(OCCCCCCNC(=O)CCCC[C@@H]2SC[C@H]3NC(=O)N[C@@H]23)cc1. The van der Waals surface area contributed by atoms with Crippen molar-refractivity contribution in [1.82, 2.24) is 16.0 Å². The number of nitrogens with one attached hydrogen (secondary N) is 3. The molecule has 0 bridgehead atoms. The number of aryl methyl sites for hydroxylation is 1. The lowest BCUT2D eigenvalue weighted by Gasteiger charge is -2.24. The van der Waals surface area contributed by atoms with Gasteiger partial charge in [0.2, 0.25) is 5.91 Å². The zero-order valence-electron chi connectivity index (χ0n) is 21.8. The van der Waals surface area contributed by atoms with Crippen molar-refractivity contribution < 1.29 is 24.5 Å². The Morgan fingerprint density at radius 1 is 1.08 bits per heavy atom. The number of amides is 3. The second kappa shape index (κ2) is 15.4. The monoisotopic (exact) mass is 536 g/mol. The third-order valence-corrected chi connectivity index (χ3v) is 8.72. The van der Waals surface area contributed by atoms with Crippen LogP contribution in [0.25, 0.3) is 0 Å². The molecule has 0 aliphatic carbocycles. The number of carbonyl (C=O) groups is 2. The number of aliphatic hydroxyl groups excluding tert-OH is 2. The number of ether oxygens (including phenoxy) is 1. The van der Waals surface area contributed by atoms with Gasteiger partial charge >= 0.3 is 6.03 Å². The first-order valence-corrected chi connectivity index (χ1v) is 14.6. The van der Waals surface area contributed by atoms with E-state index in [0.29, 0.717) is 31.1 Å². The van der Waals surface area contributed by atoms with Gasteiger partial charge in [0, 0.05) is 24.0 Å². The third-order valence-electron chi connectivity index (χ3n) is 7.21. The number of hydrogen-bond donors (Lipinski definition) is 6. The van der Waals surface area contributed by atoms with Crippen molar-refractivity contribution in [2.24, 2.45) is 5.73 Å². The minimum atomic E-state index is -0.939. The molecule has 10 heteroatoms. The van der Waals surface area contributed by atoms with Gasteiger partial charge in [0.25, 0.3) is 0 Å². The fraction of sp³-hybridized carbons (Fsp3) is 0.704. The number of thioether (sulfide) groups is 1.